The Balaban J connectivity index is 2.45. The molecular weight excluding hydrogens is 243 g/mol. The summed E-state index contributed by atoms with van der Waals surface area (Å²) in [6.45, 7) is 0.677. The monoisotopic (exact) mass is 254 g/mol. The van der Waals surface area contributed by atoms with Gasteiger partial charge in [-0.15, -0.1) is 0 Å². The van der Waals surface area contributed by atoms with Crippen molar-refractivity contribution in [2.45, 2.75) is 12.8 Å². The maximum Gasteiger partial charge on any atom is 0.0735 e. The average molecular weight is 255 g/mol. The Morgan fingerprint density at radius 3 is 2.75 bits per heavy atom. The fourth-order valence-electron chi connectivity index (χ4n) is 1.62. The highest BCUT2D eigenvalue weighted by Gasteiger charge is 2.03. The van der Waals surface area contributed by atoms with Crippen LogP contribution in [0.4, 0.5) is 0 Å². The summed E-state index contributed by atoms with van der Waals surface area (Å²) in [4.78, 5) is 4.51. The normalized spacial score (nSPS) is 10.9. The van der Waals surface area contributed by atoms with Crippen LogP contribution in [0.3, 0.4) is 0 Å². The first-order valence-electron chi connectivity index (χ1n) is 5.15. The quantitative estimate of drug-likeness (QED) is 0.912. The van der Waals surface area contributed by atoms with Crippen molar-refractivity contribution in [2.24, 2.45) is 5.73 Å². The summed E-state index contributed by atoms with van der Waals surface area (Å²) in [6, 6.07) is 7.52. The van der Waals surface area contributed by atoms with Gasteiger partial charge in [-0.1, -0.05) is 23.2 Å². The zero-order valence-electron chi connectivity index (χ0n) is 8.71. The molecule has 84 valence electrons. The minimum atomic E-state index is 0.612. The van der Waals surface area contributed by atoms with Crippen LogP contribution in [0.1, 0.15) is 12.1 Å². The zero-order chi connectivity index (χ0) is 11.5. The molecule has 2 N–H and O–H groups in total. The van der Waals surface area contributed by atoms with E-state index in [9.17, 15) is 0 Å². The number of nitrogens with zero attached hydrogens (tertiary/aromatic N) is 1. The van der Waals surface area contributed by atoms with Gasteiger partial charge in [0.25, 0.3) is 0 Å². The summed E-state index contributed by atoms with van der Waals surface area (Å²) in [5.41, 5.74) is 7.33. The van der Waals surface area contributed by atoms with E-state index in [1.807, 2.05) is 18.2 Å². The molecule has 0 bridgehead atoms. The average Bonchev–Trinajstić information content (AvgIpc) is 2.25. The van der Waals surface area contributed by atoms with Crippen molar-refractivity contribution in [3.8, 4) is 0 Å². The van der Waals surface area contributed by atoms with Crippen LogP contribution in [0.15, 0.2) is 24.3 Å². The molecule has 4 heteroatoms. The lowest BCUT2D eigenvalue weighted by atomic mass is 10.1. The number of pyridine rings is 1. The SMILES string of the molecule is NCCCc1ccc2c(Cl)cc(Cl)cc2n1. The first-order chi connectivity index (χ1) is 7.70. The van der Waals surface area contributed by atoms with Crippen molar-refractivity contribution in [2.75, 3.05) is 6.54 Å². The maximum absolute atomic E-state index is 6.07. The molecule has 0 unspecified atom stereocenters. The van der Waals surface area contributed by atoms with E-state index in [1.54, 1.807) is 6.07 Å². The third-order valence-electron chi connectivity index (χ3n) is 2.42. The molecule has 1 aromatic heterocycles. The third-order valence-corrected chi connectivity index (χ3v) is 2.95. The topological polar surface area (TPSA) is 38.9 Å². The van der Waals surface area contributed by atoms with Gasteiger partial charge in [0.2, 0.25) is 0 Å². The van der Waals surface area contributed by atoms with Crippen LogP contribution in [0.25, 0.3) is 10.9 Å². The molecule has 2 aromatic rings. The second kappa shape index (κ2) is 5.00. The number of aryl methyl sites for hydroxylation is 1. The largest absolute Gasteiger partial charge is 0.330 e. The van der Waals surface area contributed by atoms with Gasteiger partial charge in [-0.05, 0) is 43.7 Å². The number of nitrogens with two attached hydrogens (primary N) is 1. The van der Waals surface area contributed by atoms with Gasteiger partial charge in [0.15, 0.2) is 0 Å². The molecular formula is C12H12Cl2N2. The second-order valence-electron chi connectivity index (χ2n) is 3.65. The number of benzene rings is 1. The Labute approximate surface area is 104 Å². The first kappa shape index (κ1) is 11.6. The summed E-state index contributed by atoms with van der Waals surface area (Å²) in [5.74, 6) is 0. The van der Waals surface area contributed by atoms with Gasteiger partial charge < -0.3 is 5.73 Å². The Morgan fingerprint density at radius 2 is 2.00 bits per heavy atom. The molecule has 0 amide bonds. The molecule has 0 fully saturated rings. The van der Waals surface area contributed by atoms with Crippen molar-refractivity contribution >= 4 is 34.1 Å². The lowest BCUT2D eigenvalue weighted by molar-refractivity contribution is 0.814. The molecule has 0 aliphatic carbocycles. The Hall–Kier alpha value is -0.830. The number of hydrogen-bond acceptors (Lipinski definition) is 2. The summed E-state index contributed by atoms with van der Waals surface area (Å²) in [5, 5.41) is 2.18. The summed E-state index contributed by atoms with van der Waals surface area (Å²) in [6.07, 6.45) is 1.82. The summed E-state index contributed by atoms with van der Waals surface area (Å²) >= 11 is 12.0. The number of halogens is 2. The standard InChI is InChI=1S/C12H12Cl2N2/c13-8-6-11(14)10-4-3-9(2-1-5-15)16-12(10)7-8/h3-4,6-7H,1-2,5,15H2. The van der Waals surface area contributed by atoms with Crippen LogP contribution in [0, 0.1) is 0 Å². The Morgan fingerprint density at radius 1 is 1.19 bits per heavy atom. The predicted octanol–water partition coefficient (Wildman–Crippen LogP) is 3.43. The first-order valence-corrected chi connectivity index (χ1v) is 5.91. The molecule has 0 aliphatic heterocycles. The number of fused-ring (bicyclic) bond motifs is 1. The predicted molar refractivity (Wildman–Crippen MR) is 69.1 cm³/mol. The van der Waals surface area contributed by atoms with E-state index in [4.69, 9.17) is 28.9 Å². The Bertz CT molecular complexity index is 512. The van der Waals surface area contributed by atoms with Gasteiger partial charge in [-0.2, -0.15) is 0 Å². The molecule has 1 aromatic carbocycles. The van der Waals surface area contributed by atoms with Crippen LogP contribution < -0.4 is 5.73 Å². The van der Waals surface area contributed by atoms with Gasteiger partial charge in [-0.25, -0.2) is 0 Å². The molecule has 0 aliphatic rings. The van der Waals surface area contributed by atoms with Crippen LogP contribution in [0.5, 0.6) is 0 Å². The van der Waals surface area contributed by atoms with E-state index in [2.05, 4.69) is 4.98 Å². The molecule has 0 spiro atoms. The van der Waals surface area contributed by atoms with Crippen molar-refractivity contribution in [1.82, 2.24) is 4.98 Å². The highest BCUT2D eigenvalue weighted by Crippen LogP contribution is 2.26. The van der Waals surface area contributed by atoms with Crippen molar-refractivity contribution in [3.05, 3.63) is 40.0 Å². The third kappa shape index (κ3) is 2.46. The van der Waals surface area contributed by atoms with Gasteiger partial charge >= 0.3 is 0 Å². The number of rotatable bonds is 3. The fraction of sp³-hybridized carbons (Fsp3) is 0.250. The summed E-state index contributed by atoms with van der Waals surface area (Å²) in [7, 11) is 0. The lowest BCUT2D eigenvalue weighted by Gasteiger charge is -2.04. The second-order valence-corrected chi connectivity index (χ2v) is 4.49. The maximum atomic E-state index is 6.07. The van der Waals surface area contributed by atoms with Gasteiger partial charge in [-0.3, -0.25) is 4.98 Å². The molecule has 2 nitrogen and oxygen atoms in total. The zero-order valence-corrected chi connectivity index (χ0v) is 10.2. The van der Waals surface area contributed by atoms with Crippen LogP contribution in [-0.4, -0.2) is 11.5 Å². The summed E-state index contributed by atoms with van der Waals surface area (Å²) < 4.78 is 0. The van der Waals surface area contributed by atoms with Crippen molar-refractivity contribution in [1.29, 1.82) is 0 Å². The molecule has 0 radical (unpaired) electrons. The fourth-order valence-corrected chi connectivity index (χ4v) is 2.17. The van der Waals surface area contributed by atoms with E-state index in [-0.39, 0.29) is 0 Å². The van der Waals surface area contributed by atoms with E-state index < -0.39 is 0 Å². The lowest BCUT2D eigenvalue weighted by Crippen LogP contribution is -2.01. The van der Waals surface area contributed by atoms with Crippen LogP contribution >= 0.6 is 23.2 Å². The smallest absolute Gasteiger partial charge is 0.0735 e. The highest BCUT2D eigenvalue weighted by molar-refractivity contribution is 6.38. The van der Waals surface area contributed by atoms with Gasteiger partial charge in [0.05, 0.1) is 10.5 Å². The highest BCUT2D eigenvalue weighted by atomic mass is 35.5. The molecule has 16 heavy (non-hydrogen) atoms. The van der Waals surface area contributed by atoms with Gasteiger partial charge in [0, 0.05) is 16.1 Å². The van der Waals surface area contributed by atoms with Crippen LogP contribution in [-0.2, 0) is 6.42 Å². The molecule has 0 atom stereocenters. The minimum Gasteiger partial charge on any atom is -0.330 e. The van der Waals surface area contributed by atoms with E-state index in [0.29, 0.717) is 16.6 Å². The van der Waals surface area contributed by atoms with Crippen molar-refractivity contribution < 1.29 is 0 Å². The number of aromatic nitrogens is 1. The number of hydrogen-bond donors (Lipinski definition) is 1. The van der Waals surface area contributed by atoms with E-state index >= 15 is 0 Å². The Kier molecular flexibility index (Phi) is 3.64. The molecule has 2 rings (SSSR count). The van der Waals surface area contributed by atoms with E-state index in [1.165, 1.54) is 0 Å². The molecule has 0 saturated carbocycles. The van der Waals surface area contributed by atoms with E-state index in [0.717, 1.165) is 29.4 Å². The minimum absolute atomic E-state index is 0.612. The molecule has 1 heterocycles. The van der Waals surface area contributed by atoms with Crippen LogP contribution in [0.2, 0.25) is 10.0 Å². The molecule has 0 saturated heterocycles. The van der Waals surface area contributed by atoms with Crippen molar-refractivity contribution in [3.63, 3.8) is 0 Å². The van der Waals surface area contributed by atoms with Gasteiger partial charge in [0.1, 0.15) is 0 Å².